The van der Waals surface area contributed by atoms with Crippen LogP contribution in [0.25, 0.3) is 22.3 Å². The second kappa shape index (κ2) is 10.0. The van der Waals surface area contributed by atoms with Crippen molar-refractivity contribution in [2.45, 2.75) is 39.0 Å². The fourth-order valence-corrected chi connectivity index (χ4v) is 3.53. The lowest BCUT2D eigenvalue weighted by molar-refractivity contribution is -0.140. The van der Waals surface area contributed by atoms with Crippen LogP contribution in [-0.4, -0.2) is 40.3 Å². The molecule has 3 rings (SSSR count). The van der Waals surface area contributed by atoms with E-state index in [1.165, 1.54) is 7.11 Å². The Labute approximate surface area is 176 Å². The molecule has 2 heterocycles. The number of nitrogens with one attached hydrogen (secondary N) is 1. The van der Waals surface area contributed by atoms with Crippen LogP contribution >= 0.6 is 0 Å². The van der Waals surface area contributed by atoms with Gasteiger partial charge in [0.2, 0.25) is 0 Å². The van der Waals surface area contributed by atoms with Crippen LogP contribution < -0.4 is 5.32 Å². The minimum Gasteiger partial charge on any atom is -0.469 e. The van der Waals surface area contributed by atoms with E-state index in [1.54, 1.807) is 4.68 Å². The lowest BCUT2D eigenvalue weighted by Gasteiger charge is -2.09. The molecule has 3 aromatic rings. The summed E-state index contributed by atoms with van der Waals surface area (Å²) in [5.74, 6) is -0.295. The number of methoxy groups -OCH3 is 1. The molecule has 0 aliphatic heterocycles. The van der Waals surface area contributed by atoms with Crippen molar-refractivity contribution in [3.05, 3.63) is 47.7 Å². The van der Waals surface area contributed by atoms with E-state index < -0.39 is 0 Å². The summed E-state index contributed by atoms with van der Waals surface area (Å²) in [5, 5.41) is 8.26. The lowest BCUT2D eigenvalue weighted by Crippen LogP contribution is -2.25. The maximum absolute atomic E-state index is 13.0. The zero-order chi connectivity index (χ0) is 21.5. The Morgan fingerprint density at radius 1 is 1.10 bits per heavy atom. The zero-order valence-electron chi connectivity index (χ0n) is 17.8. The van der Waals surface area contributed by atoms with Crippen molar-refractivity contribution in [3.63, 3.8) is 0 Å². The van der Waals surface area contributed by atoms with Gasteiger partial charge in [0.1, 0.15) is 0 Å². The van der Waals surface area contributed by atoms with Gasteiger partial charge in [0.15, 0.2) is 5.65 Å². The van der Waals surface area contributed by atoms with Gasteiger partial charge in [-0.2, -0.15) is 5.10 Å². The van der Waals surface area contributed by atoms with Crippen LogP contribution in [0.5, 0.6) is 0 Å². The molecule has 0 atom stereocenters. The maximum Gasteiger partial charge on any atom is 0.305 e. The van der Waals surface area contributed by atoms with Crippen LogP contribution in [-0.2, 0) is 16.6 Å². The monoisotopic (exact) mass is 408 g/mol. The molecule has 1 amide bonds. The van der Waals surface area contributed by atoms with E-state index in [2.05, 4.69) is 15.2 Å². The molecule has 1 N–H and O–H groups in total. The Kier molecular flexibility index (Phi) is 7.17. The number of nitrogens with zero attached hydrogens (tertiary/aromatic N) is 3. The summed E-state index contributed by atoms with van der Waals surface area (Å²) in [6.45, 7) is 2.48. The van der Waals surface area contributed by atoms with Crippen LogP contribution in [0, 0.1) is 6.92 Å². The van der Waals surface area contributed by atoms with E-state index in [0.29, 0.717) is 24.2 Å². The fourth-order valence-electron chi connectivity index (χ4n) is 3.53. The van der Waals surface area contributed by atoms with Gasteiger partial charge in [-0.25, -0.2) is 4.98 Å². The summed E-state index contributed by atoms with van der Waals surface area (Å²) in [7, 11) is 3.24. The smallest absolute Gasteiger partial charge is 0.305 e. The molecule has 7 nitrogen and oxygen atoms in total. The molecule has 0 aliphatic rings. The summed E-state index contributed by atoms with van der Waals surface area (Å²) in [6.07, 6.45) is 3.99. The van der Waals surface area contributed by atoms with Gasteiger partial charge < -0.3 is 10.1 Å². The van der Waals surface area contributed by atoms with Crippen molar-refractivity contribution in [1.29, 1.82) is 0 Å². The molecule has 0 saturated heterocycles. The summed E-state index contributed by atoms with van der Waals surface area (Å²) < 4.78 is 6.36. The van der Waals surface area contributed by atoms with Crippen LogP contribution in [0.3, 0.4) is 0 Å². The third kappa shape index (κ3) is 5.03. The molecule has 30 heavy (non-hydrogen) atoms. The number of aromatic nitrogens is 3. The molecular weight excluding hydrogens is 380 g/mol. The molecule has 1 aromatic carbocycles. The standard InChI is InChI=1S/C23H28N4O3/c1-16-21-18(23(29)24-14-10-5-4-9-13-20(28)30-3)15-19(17-11-7-6-8-12-17)25-22(21)27(2)26-16/h6-8,11-12,15H,4-5,9-10,13-14H2,1-3H3,(H,24,29). The molecule has 2 aromatic heterocycles. The number of fused-ring (bicyclic) bond motifs is 1. The number of esters is 1. The first-order valence-corrected chi connectivity index (χ1v) is 10.3. The van der Waals surface area contributed by atoms with Gasteiger partial charge in [-0.1, -0.05) is 43.2 Å². The van der Waals surface area contributed by atoms with E-state index in [4.69, 9.17) is 4.98 Å². The summed E-state index contributed by atoms with van der Waals surface area (Å²) >= 11 is 0. The Balaban J connectivity index is 1.70. The Morgan fingerprint density at radius 3 is 2.57 bits per heavy atom. The highest BCUT2D eigenvalue weighted by molar-refractivity contribution is 6.07. The zero-order valence-corrected chi connectivity index (χ0v) is 17.8. The van der Waals surface area contributed by atoms with Crippen molar-refractivity contribution in [2.75, 3.05) is 13.7 Å². The van der Waals surface area contributed by atoms with Crippen LogP contribution in [0.4, 0.5) is 0 Å². The summed E-state index contributed by atoms with van der Waals surface area (Å²) in [6, 6.07) is 11.7. The normalized spacial score (nSPS) is 10.9. The van der Waals surface area contributed by atoms with E-state index >= 15 is 0 Å². The van der Waals surface area contributed by atoms with E-state index in [1.807, 2.05) is 50.4 Å². The van der Waals surface area contributed by atoms with Gasteiger partial charge >= 0.3 is 5.97 Å². The number of hydrogen-bond donors (Lipinski definition) is 1. The average Bonchev–Trinajstić information content (AvgIpc) is 3.06. The fraction of sp³-hybridized carbons (Fsp3) is 0.391. The minimum atomic E-state index is -0.175. The summed E-state index contributed by atoms with van der Waals surface area (Å²) in [4.78, 5) is 28.8. The van der Waals surface area contributed by atoms with Gasteiger partial charge in [0.05, 0.1) is 29.4 Å². The molecule has 0 bridgehead atoms. The molecule has 0 aliphatic carbocycles. The highest BCUT2D eigenvalue weighted by Gasteiger charge is 2.19. The molecule has 158 valence electrons. The van der Waals surface area contributed by atoms with Crippen molar-refractivity contribution in [3.8, 4) is 11.3 Å². The number of ether oxygens (including phenoxy) is 1. The second-order valence-corrected chi connectivity index (χ2v) is 7.32. The van der Waals surface area contributed by atoms with Crippen LogP contribution in [0.1, 0.15) is 48.2 Å². The number of aryl methyl sites for hydroxylation is 2. The number of pyridine rings is 1. The van der Waals surface area contributed by atoms with E-state index in [0.717, 1.165) is 48.0 Å². The number of carbonyl (C=O) groups is 2. The van der Waals surface area contributed by atoms with Crippen molar-refractivity contribution < 1.29 is 14.3 Å². The predicted octanol–water partition coefficient (Wildman–Crippen LogP) is 3.80. The lowest BCUT2D eigenvalue weighted by atomic mass is 10.0. The number of hydrogen-bond acceptors (Lipinski definition) is 5. The molecule has 0 radical (unpaired) electrons. The Bertz CT molecular complexity index is 1030. The molecule has 7 heteroatoms. The first kappa shape index (κ1) is 21.5. The van der Waals surface area contributed by atoms with Crippen LogP contribution in [0.2, 0.25) is 0 Å². The maximum atomic E-state index is 13.0. The average molecular weight is 409 g/mol. The number of benzene rings is 1. The quantitative estimate of drug-likeness (QED) is 0.430. The first-order chi connectivity index (χ1) is 14.5. The molecular formula is C23H28N4O3. The Hall–Kier alpha value is -3.22. The van der Waals surface area contributed by atoms with Crippen molar-refractivity contribution >= 4 is 22.9 Å². The minimum absolute atomic E-state index is 0.120. The van der Waals surface area contributed by atoms with Gasteiger partial charge in [0.25, 0.3) is 5.91 Å². The van der Waals surface area contributed by atoms with E-state index in [-0.39, 0.29) is 11.9 Å². The Morgan fingerprint density at radius 2 is 1.83 bits per heavy atom. The number of carbonyl (C=O) groups excluding carboxylic acids is 2. The van der Waals surface area contributed by atoms with Crippen LogP contribution in [0.15, 0.2) is 36.4 Å². The third-order valence-corrected chi connectivity index (χ3v) is 5.10. The molecule has 0 saturated carbocycles. The number of amides is 1. The molecule has 0 spiro atoms. The largest absolute Gasteiger partial charge is 0.469 e. The SMILES string of the molecule is COC(=O)CCCCCCNC(=O)c1cc(-c2ccccc2)nc2c1c(C)nn2C. The molecule has 0 unspecified atom stereocenters. The summed E-state index contributed by atoms with van der Waals surface area (Å²) in [5.41, 5.74) is 3.78. The van der Waals surface area contributed by atoms with Gasteiger partial charge in [0, 0.05) is 25.6 Å². The highest BCUT2D eigenvalue weighted by Crippen LogP contribution is 2.26. The predicted molar refractivity (Wildman–Crippen MR) is 116 cm³/mol. The van der Waals surface area contributed by atoms with Gasteiger partial charge in [-0.3, -0.25) is 14.3 Å². The third-order valence-electron chi connectivity index (χ3n) is 5.10. The van der Waals surface area contributed by atoms with Gasteiger partial charge in [-0.05, 0) is 25.8 Å². The topological polar surface area (TPSA) is 86.1 Å². The second-order valence-electron chi connectivity index (χ2n) is 7.32. The first-order valence-electron chi connectivity index (χ1n) is 10.3. The van der Waals surface area contributed by atoms with E-state index in [9.17, 15) is 9.59 Å². The van der Waals surface area contributed by atoms with Gasteiger partial charge in [-0.15, -0.1) is 0 Å². The highest BCUT2D eigenvalue weighted by atomic mass is 16.5. The number of rotatable bonds is 9. The molecule has 0 fully saturated rings. The van der Waals surface area contributed by atoms with Crippen molar-refractivity contribution in [1.82, 2.24) is 20.1 Å². The van der Waals surface area contributed by atoms with Crippen molar-refractivity contribution in [2.24, 2.45) is 7.05 Å². The number of unbranched alkanes of at least 4 members (excludes halogenated alkanes) is 3.